The molecule has 0 radical (unpaired) electrons. The number of nitrogens with one attached hydrogen (secondary N) is 2. The van der Waals surface area contributed by atoms with Crippen LogP contribution in [0.5, 0.6) is 5.88 Å². The Labute approximate surface area is 198 Å². The van der Waals surface area contributed by atoms with E-state index in [0.29, 0.717) is 24.8 Å². The van der Waals surface area contributed by atoms with Gasteiger partial charge in [0.05, 0.1) is 19.4 Å². The third-order valence-electron chi connectivity index (χ3n) is 4.93. The maximum absolute atomic E-state index is 8.89. The SMILES string of the molecule is C=C(CCCOc1cc(N(CCC)CCC)cc(N/N=C/c2cccc(C)c2)n1)NCCO. The van der Waals surface area contributed by atoms with Gasteiger partial charge in [-0.05, 0) is 38.2 Å². The normalized spacial score (nSPS) is 10.9. The highest BCUT2D eigenvalue weighted by Gasteiger charge is 2.10. The van der Waals surface area contributed by atoms with Crippen molar-refractivity contribution in [1.82, 2.24) is 10.3 Å². The number of hydrogen-bond acceptors (Lipinski definition) is 7. The average molecular weight is 454 g/mol. The van der Waals surface area contributed by atoms with Crippen molar-refractivity contribution in [2.45, 2.75) is 46.5 Å². The lowest BCUT2D eigenvalue weighted by molar-refractivity contribution is 0.290. The van der Waals surface area contributed by atoms with E-state index in [1.54, 1.807) is 6.21 Å². The maximum atomic E-state index is 8.89. The molecule has 33 heavy (non-hydrogen) atoms. The van der Waals surface area contributed by atoms with Crippen molar-refractivity contribution in [3.8, 4) is 5.88 Å². The van der Waals surface area contributed by atoms with E-state index in [2.05, 4.69) is 65.2 Å². The molecule has 0 aliphatic rings. The van der Waals surface area contributed by atoms with Crippen LogP contribution in [0.3, 0.4) is 0 Å². The lowest BCUT2D eigenvalue weighted by Gasteiger charge is -2.24. The molecule has 0 saturated carbocycles. The van der Waals surface area contributed by atoms with Crippen LogP contribution >= 0.6 is 0 Å². The average Bonchev–Trinajstić information content (AvgIpc) is 2.80. The Bertz CT molecular complexity index is 879. The predicted octanol–water partition coefficient (Wildman–Crippen LogP) is 4.72. The van der Waals surface area contributed by atoms with Crippen molar-refractivity contribution in [1.29, 1.82) is 0 Å². The zero-order chi connectivity index (χ0) is 23.9. The summed E-state index contributed by atoms with van der Waals surface area (Å²) in [6.45, 7) is 13.5. The van der Waals surface area contributed by atoms with E-state index in [0.717, 1.165) is 55.7 Å². The number of aliphatic hydroxyl groups is 1. The molecule has 2 aromatic rings. The third kappa shape index (κ3) is 9.95. The molecule has 2 rings (SSSR count). The van der Waals surface area contributed by atoms with Crippen LogP contribution in [-0.4, -0.2) is 49.2 Å². The number of ether oxygens (including phenoxy) is 1. The topological polar surface area (TPSA) is 82.0 Å². The minimum absolute atomic E-state index is 0.0976. The summed E-state index contributed by atoms with van der Waals surface area (Å²) in [5.74, 6) is 1.23. The standard InChI is InChI=1S/C26H39N5O2/c1-5-13-31(14-6-2)24-18-25(30-28-20-23-11-7-9-21(3)17-23)29-26(19-24)33-16-8-10-22(4)27-12-15-32/h7,9,11,17-20,27,32H,4-6,8,10,12-16H2,1-3H3,(H,29,30)/b28-20+. The fourth-order valence-corrected chi connectivity index (χ4v) is 3.42. The van der Waals surface area contributed by atoms with E-state index in [-0.39, 0.29) is 6.61 Å². The van der Waals surface area contributed by atoms with Gasteiger partial charge >= 0.3 is 0 Å². The van der Waals surface area contributed by atoms with Gasteiger partial charge < -0.3 is 20.1 Å². The van der Waals surface area contributed by atoms with Crippen LogP contribution in [0.4, 0.5) is 11.5 Å². The lowest BCUT2D eigenvalue weighted by atomic mass is 10.2. The van der Waals surface area contributed by atoms with Crippen LogP contribution < -0.4 is 20.4 Å². The zero-order valence-corrected chi connectivity index (χ0v) is 20.3. The maximum Gasteiger partial charge on any atom is 0.217 e. The summed E-state index contributed by atoms with van der Waals surface area (Å²) >= 11 is 0. The van der Waals surface area contributed by atoms with Gasteiger partial charge in [0.1, 0.15) is 0 Å². The molecule has 0 amide bonds. The number of aromatic nitrogens is 1. The van der Waals surface area contributed by atoms with Gasteiger partial charge in [0, 0.05) is 43.2 Å². The van der Waals surface area contributed by atoms with Gasteiger partial charge in [-0.25, -0.2) is 0 Å². The number of benzene rings is 1. The van der Waals surface area contributed by atoms with Gasteiger partial charge in [-0.1, -0.05) is 50.3 Å². The Morgan fingerprint density at radius 3 is 2.70 bits per heavy atom. The van der Waals surface area contributed by atoms with Crippen LogP contribution in [-0.2, 0) is 0 Å². The van der Waals surface area contributed by atoms with Crippen molar-refractivity contribution >= 4 is 17.7 Å². The summed E-state index contributed by atoms with van der Waals surface area (Å²) in [6, 6.07) is 12.2. The molecular weight excluding hydrogens is 414 g/mol. The summed E-state index contributed by atoms with van der Waals surface area (Å²) in [4.78, 5) is 6.96. The molecule has 3 N–H and O–H groups in total. The number of aliphatic hydroxyl groups excluding tert-OH is 1. The van der Waals surface area contributed by atoms with Crippen LogP contribution in [0.1, 0.15) is 50.7 Å². The third-order valence-corrected chi connectivity index (χ3v) is 4.93. The molecule has 0 spiro atoms. The summed E-state index contributed by atoms with van der Waals surface area (Å²) in [5.41, 5.74) is 7.27. The number of pyridine rings is 1. The van der Waals surface area contributed by atoms with Crippen molar-refractivity contribution in [3.63, 3.8) is 0 Å². The number of hydrazone groups is 1. The fraction of sp³-hybridized carbons (Fsp3) is 0.462. The van der Waals surface area contributed by atoms with Crippen LogP contribution in [0, 0.1) is 6.92 Å². The van der Waals surface area contributed by atoms with Gasteiger partial charge in [0.2, 0.25) is 5.88 Å². The number of rotatable bonds is 16. The molecule has 0 aliphatic heterocycles. The highest BCUT2D eigenvalue weighted by Crippen LogP contribution is 2.25. The number of anilines is 2. The van der Waals surface area contributed by atoms with E-state index in [4.69, 9.17) is 9.84 Å². The smallest absolute Gasteiger partial charge is 0.217 e. The Morgan fingerprint density at radius 2 is 2.00 bits per heavy atom. The zero-order valence-electron chi connectivity index (χ0n) is 20.3. The number of nitrogens with zero attached hydrogens (tertiary/aromatic N) is 3. The minimum Gasteiger partial charge on any atom is -0.478 e. The number of allylic oxidation sites excluding steroid dienone is 1. The molecule has 1 aromatic carbocycles. The van der Waals surface area contributed by atoms with Crippen LogP contribution in [0.25, 0.3) is 0 Å². The van der Waals surface area contributed by atoms with Gasteiger partial charge in [-0.3, -0.25) is 5.43 Å². The molecule has 7 heteroatoms. The molecule has 0 saturated heterocycles. The summed E-state index contributed by atoms with van der Waals surface area (Å²) in [6.07, 6.45) is 5.52. The number of aryl methyl sites for hydroxylation is 1. The first-order chi connectivity index (χ1) is 16.0. The first kappa shape index (κ1) is 26.2. The van der Waals surface area contributed by atoms with Crippen LogP contribution in [0.15, 0.2) is 53.8 Å². The molecule has 1 aromatic heterocycles. The summed E-state index contributed by atoms with van der Waals surface area (Å²) in [5, 5.41) is 16.4. The lowest BCUT2D eigenvalue weighted by Crippen LogP contribution is -2.25. The largest absolute Gasteiger partial charge is 0.478 e. The van der Waals surface area contributed by atoms with E-state index >= 15 is 0 Å². The predicted molar refractivity (Wildman–Crippen MR) is 138 cm³/mol. The van der Waals surface area contributed by atoms with Crippen molar-refractivity contribution in [2.24, 2.45) is 5.10 Å². The van der Waals surface area contributed by atoms with Crippen molar-refractivity contribution in [3.05, 3.63) is 59.8 Å². The monoisotopic (exact) mass is 453 g/mol. The Morgan fingerprint density at radius 1 is 1.21 bits per heavy atom. The Balaban J connectivity index is 2.09. The molecule has 0 unspecified atom stereocenters. The van der Waals surface area contributed by atoms with E-state index in [1.807, 2.05) is 24.3 Å². The minimum atomic E-state index is 0.0976. The quantitative estimate of drug-likeness (QED) is 0.194. The van der Waals surface area contributed by atoms with Gasteiger partial charge in [-0.2, -0.15) is 10.1 Å². The second-order valence-corrected chi connectivity index (χ2v) is 8.03. The van der Waals surface area contributed by atoms with E-state index < -0.39 is 0 Å². The van der Waals surface area contributed by atoms with Gasteiger partial charge in [0.25, 0.3) is 0 Å². The summed E-state index contributed by atoms with van der Waals surface area (Å²) < 4.78 is 5.98. The first-order valence-corrected chi connectivity index (χ1v) is 11.8. The molecule has 0 fully saturated rings. The molecule has 1 heterocycles. The van der Waals surface area contributed by atoms with Gasteiger partial charge in [-0.15, -0.1) is 0 Å². The molecule has 0 atom stereocenters. The van der Waals surface area contributed by atoms with E-state index in [1.165, 1.54) is 5.56 Å². The molecule has 0 bridgehead atoms. The Kier molecular flexibility index (Phi) is 11.8. The number of hydrogen-bond donors (Lipinski definition) is 3. The van der Waals surface area contributed by atoms with E-state index in [9.17, 15) is 0 Å². The highest BCUT2D eigenvalue weighted by atomic mass is 16.5. The highest BCUT2D eigenvalue weighted by molar-refractivity contribution is 5.80. The Hall–Kier alpha value is -3.06. The molecular formula is C26H39N5O2. The first-order valence-electron chi connectivity index (χ1n) is 11.8. The second-order valence-electron chi connectivity index (χ2n) is 8.03. The molecule has 180 valence electrons. The fourth-order valence-electron chi connectivity index (χ4n) is 3.42. The van der Waals surface area contributed by atoms with Crippen molar-refractivity contribution < 1.29 is 9.84 Å². The second kappa shape index (κ2) is 14.9. The molecule has 0 aliphatic carbocycles. The van der Waals surface area contributed by atoms with Crippen molar-refractivity contribution in [2.75, 3.05) is 43.2 Å². The van der Waals surface area contributed by atoms with Gasteiger partial charge in [0.15, 0.2) is 5.82 Å². The van der Waals surface area contributed by atoms with Crippen LogP contribution in [0.2, 0.25) is 0 Å². The molecule has 7 nitrogen and oxygen atoms in total. The summed E-state index contributed by atoms with van der Waals surface area (Å²) in [7, 11) is 0.